The number of benzene rings is 2. The summed E-state index contributed by atoms with van der Waals surface area (Å²) in [4.78, 5) is 26.5. The van der Waals surface area contributed by atoms with Crippen LogP contribution in [0.5, 0.6) is 5.75 Å². The Hall–Kier alpha value is -3.68. The molecule has 1 saturated heterocycles. The molecule has 1 N–H and O–H groups in total. The molecule has 1 fully saturated rings. The molecule has 30 heavy (non-hydrogen) atoms. The van der Waals surface area contributed by atoms with E-state index in [2.05, 4.69) is 15.5 Å². The maximum absolute atomic E-state index is 12.5. The third kappa shape index (κ3) is 4.17. The topological polar surface area (TPSA) is 97.6 Å². The van der Waals surface area contributed by atoms with Gasteiger partial charge in [0.1, 0.15) is 5.75 Å². The SMILES string of the molecule is CCOc1ccc(N2C[C@@H](c3nnc(NC(=O)c4cccc(C)c4)o3)CC2=O)cc1. The number of anilines is 2. The van der Waals surface area contributed by atoms with Crippen molar-refractivity contribution in [3.63, 3.8) is 0 Å². The van der Waals surface area contributed by atoms with Gasteiger partial charge in [-0.2, -0.15) is 0 Å². The normalized spacial score (nSPS) is 16.0. The van der Waals surface area contributed by atoms with Crippen molar-refractivity contribution in [2.24, 2.45) is 0 Å². The predicted octanol–water partition coefficient (Wildman–Crippen LogP) is 3.55. The van der Waals surface area contributed by atoms with E-state index < -0.39 is 0 Å². The van der Waals surface area contributed by atoms with Crippen LogP contribution in [0, 0.1) is 6.92 Å². The van der Waals surface area contributed by atoms with E-state index in [0.29, 0.717) is 24.6 Å². The fourth-order valence-corrected chi connectivity index (χ4v) is 3.42. The Balaban J connectivity index is 1.42. The van der Waals surface area contributed by atoms with Gasteiger partial charge in [-0.1, -0.05) is 22.8 Å². The van der Waals surface area contributed by atoms with Crippen molar-refractivity contribution in [3.05, 3.63) is 65.5 Å². The van der Waals surface area contributed by atoms with Crippen LogP contribution in [0.1, 0.15) is 41.1 Å². The zero-order chi connectivity index (χ0) is 21.1. The number of hydrogen-bond donors (Lipinski definition) is 1. The monoisotopic (exact) mass is 406 g/mol. The Morgan fingerprint density at radius 2 is 2.03 bits per heavy atom. The molecule has 1 aliphatic rings. The molecule has 0 bridgehead atoms. The van der Waals surface area contributed by atoms with E-state index >= 15 is 0 Å². The molecule has 4 rings (SSSR count). The number of carbonyl (C=O) groups is 2. The second kappa shape index (κ2) is 8.36. The van der Waals surface area contributed by atoms with Crippen LogP contribution >= 0.6 is 0 Å². The molecular weight excluding hydrogens is 384 g/mol. The standard InChI is InChI=1S/C22H22N4O4/c1-3-29-18-9-7-17(8-10-18)26-13-16(12-19(26)27)21-24-25-22(30-21)23-20(28)15-6-4-5-14(2)11-15/h4-11,16H,3,12-13H2,1-2H3,(H,23,25,28)/t16-/m0/s1. The van der Waals surface area contributed by atoms with E-state index in [-0.39, 0.29) is 30.2 Å². The molecular formula is C22H22N4O4. The van der Waals surface area contributed by atoms with Crippen LogP contribution in [-0.4, -0.2) is 35.2 Å². The van der Waals surface area contributed by atoms with Crippen LogP contribution in [0.2, 0.25) is 0 Å². The predicted molar refractivity (Wildman–Crippen MR) is 111 cm³/mol. The molecule has 2 aromatic carbocycles. The molecule has 0 radical (unpaired) electrons. The van der Waals surface area contributed by atoms with Gasteiger partial charge in [0.15, 0.2) is 0 Å². The minimum absolute atomic E-state index is 0.0171. The smallest absolute Gasteiger partial charge is 0.322 e. The minimum atomic E-state index is -0.326. The first-order valence-electron chi connectivity index (χ1n) is 9.78. The number of hydrogen-bond acceptors (Lipinski definition) is 6. The minimum Gasteiger partial charge on any atom is -0.494 e. The summed E-state index contributed by atoms with van der Waals surface area (Å²) in [5.74, 6) is 0.507. The first kappa shape index (κ1) is 19.6. The summed E-state index contributed by atoms with van der Waals surface area (Å²) in [7, 11) is 0. The van der Waals surface area contributed by atoms with Crippen LogP contribution in [0.4, 0.5) is 11.7 Å². The number of carbonyl (C=O) groups excluding carboxylic acids is 2. The Bertz CT molecular complexity index is 1060. The number of nitrogens with one attached hydrogen (secondary N) is 1. The van der Waals surface area contributed by atoms with Crippen LogP contribution in [0.15, 0.2) is 52.9 Å². The molecule has 2 heterocycles. The van der Waals surface area contributed by atoms with E-state index in [1.165, 1.54) is 0 Å². The molecule has 154 valence electrons. The summed E-state index contributed by atoms with van der Waals surface area (Å²) in [5, 5.41) is 10.6. The van der Waals surface area contributed by atoms with E-state index in [4.69, 9.17) is 9.15 Å². The second-order valence-electron chi connectivity index (χ2n) is 7.10. The highest BCUT2D eigenvalue weighted by atomic mass is 16.5. The highest BCUT2D eigenvalue weighted by molar-refractivity contribution is 6.03. The summed E-state index contributed by atoms with van der Waals surface area (Å²) in [5.41, 5.74) is 2.28. The molecule has 3 aromatic rings. The molecule has 1 atom stereocenters. The largest absolute Gasteiger partial charge is 0.494 e. The number of aromatic nitrogens is 2. The molecule has 0 saturated carbocycles. The van der Waals surface area contributed by atoms with Crippen molar-refractivity contribution in [2.75, 3.05) is 23.4 Å². The van der Waals surface area contributed by atoms with Gasteiger partial charge in [0.25, 0.3) is 5.91 Å². The van der Waals surface area contributed by atoms with Crippen LogP contribution in [-0.2, 0) is 4.79 Å². The van der Waals surface area contributed by atoms with E-state index in [0.717, 1.165) is 17.0 Å². The van der Waals surface area contributed by atoms with Gasteiger partial charge in [-0.05, 0) is 50.2 Å². The molecule has 0 aliphatic carbocycles. The van der Waals surface area contributed by atoms with E-state index in [1.54, 1.807) is 17.0 Å². The number of amides is 2. The van der Waals surface area contributed by atoms with Crippen molar-refractivity contribution >= 4 is 23.5 Å². The van der Waals surface area contributed by atoms with Gasteiger partial charge >= 0.3 is 6.01 Å². The zero-order valence-corrected chi connectivity index (χ0v) is 16.8. The zero-order valence-electron chi connectivity index (χ0n) is 16.8. The maximum atomic E-state index is 12.5. The maximum Gasteiger partial charge on any atom is 0.322 e. The molecule has 8 heteroatoms. The lowest BCUT2D eigenvalue weighted by Gasteiger charge is -2.16. The van der Waals surface area contributed by atoms with Gasteiger partial charge < -0.3 is 14.1 Å². The Labute approximate surface area is 173 Å². The summed E-state index contributed by atoms with van der Waals surface area (Å²) < 4.78 is 11.1. The molecule has 0 spiro atoms. The van der Waals surface area contributed by atoms with Crippen LogP contribution in [0.25, 0.3) is 0 Å². The lowest BCUT2D eigenvalue weighted by atomic mass is 10.1. The second-order valence-corrected chi connectivity index (χ2v) is 7.10. The third-order valence-electron chi connectivity index (χ3n) is 4.88. The lowest BCUT2D eigenvalue weighted by Crippen LogP contribution is -2.24. The van der Waals surface area contributed by atoms with E-state index in [1.807, 2.05) is 50.2 Å². The van der Waals surface area contributed by atoms with Gasteiger partial charge in [0.05, 0.1) is 12.5 Å². The molecule has 0 unspecified atom stereocenters. The number of nitrogens with zero attached hydrogens (tertiary/aromatic N) is 3. The lowest BCUT2D eigenvalue weighted by molar-refractivity contribution is -0.117. The van der Waals surface area contributed by atoms with Crippen molar-refractivity contribution in [1.29, 1.82) is 0 Å². The van der Waals surface area contributed by atoms with Gasteiger partial charge in [0, 0.05) is 24.2 Å². The number of aryl methyl sites for hydroxylation is 1. The Kier molecular flexibility index (Phi) is 5.47. The fourth-order valence-electron chi connectivity index (χ4n) is 3.42. The quantitative estimate of drug-likeness (QED) is 0.672. The average Bonchev–Trinajstić information content (AvgIpc) is 3.35. The Morgan fingerprint density at radius 1 is 1.23 bits per heavy atom. The van der Waals surface area contributed by atoms with E-state index in [9.17, 15) is 9.59 Å². The van der Waals surface area contributed by atoms with Crippen LogP contribution in [0.3, 0.4) is 0 Å². The molecule has 1 aromatic heterocycles. The summed E-state index contributed by atoms with van der Waals surface area (Å²) in [6, 6.07) is 14.6. The first-order chi connectivity index (χ1) is 14.5. The highest BCUT2D eigenvalue weighted by Crippen LogP contribution is 2.32. The van der Waals surface area contributed by atoms with Gasteiger partial charge in [-0.15, -0.1) is 5.10 Å². The van der Waals surface area contributed by atoms with Gasteiger partial charge in [-0.3, -0.25) is 14.9 Å². The number of ether oxygens (including phenoxy) is 1. The van der Waals surface area contributed by atoms with Crippen molar-refractivity contribution in [3.8, 4) is 5.75 Å². The highest BCUT2D eigenvalue weighted by Gasteiger charge is 2.35. The number of rotatable bonds is 6. The van der Waals surface area contributed by atoms with Crippen molar-refractivity contribution in [2.45, 2.75) is 26.2 Å². The molecule has 1 aliphatic heterocycles. The Morgan fingerprint density at radius 3 is 2.77 bits per heavy atom. The van der Waals surface area contributed by atoms with Crippen LogP contribution < -0.4 is 15.0 Å². The van der Waals surface area contributed by atoms with Gasteiger partial charge in [-0.25, -0.2) is 0 Å². The summed E-state index contributed by atoms with van der Waals surface area (Å²) >= 11 is 0. The van der Waals surface area contributed by atoms with Gasteiger partial charge in [0.2, 0.25) is 11.8 Å². The summed E-state index contributed by atoms with van der Waals surface area (Å²) in [6.07, 6.45) is 0.265. The fraction of sp³-hybridized carbons (Fsp3) is 0.273. The first-order valence-corrected chi connectivity index (χ1v) is 9.78. The van der Waals surface area contributed by atoms with Crippen molar-refractivity contribution < 1.29 is 18.7 Å². The molecule has 8 nitrogen and oxygen atoms in total. The summed E-state index contributed by atoms with van der Waals surface area (Å²) in [6.45, 7) is 4.85. The van der Waals surface area contributed by atoms with Crippen molar-refractivity contribution in [1.82, 2.24) is 10.2 Å². The average molecular weight is 406 g/mol. The third-order valence-corrected chi connectivity index (χ3v) is 4.88. The molecule has 2 amide bonds.